The number of aromatic nitrogens is 3. The summed E-state index contributed by atoms with van der Waals surface area (Å²) in [7, 11) is 0. The molecule has 2 rings (SSSR count). The summed E-state index contributed by atoms with van der Waals surface area (Å²) in [6.07, 6.45) is 2.78. The molecular weight excluding hydrogens is 232 g/mol. The molecule has 18 heavy (non-hydrogen) atoms. The lowest BCUT2D eigenvalue weighted by atomic mass is 9.95. The lowest BCUT2D eigenvalue weighted by molar-refractivity contribution is 0.316. The highest BCUT2D eigenvalue weighted by molar-refractivity contribution is 6.01. The Bertz CT molecular complexity index is 561. The van der Waals surface area contributed by atoms with E-state index in [1.54, 1.807) is 18.2 Å². The number of oxime groups is 1. The molecule has 6 heteroatoms. The molecule has 1 aromatic carbocycles. The van der Waals surface area contributed by atoms with Crippen molar-refractivity contribution in [2.45, 2.75) is 19.8 Å². The molecule has 0 atom stereocenters. The summed E-state index contributed by atoms with van der Waals surface area (Å²) < 4.78 is 1.35. The van der Waals surface area contributed by atoms with E-state index in [0.717, 1.165) is 0 Å². The molecule has 0 bridgehead atoms. The van der Waals surface area contributed by atoms with Gasteiger partial charge < -0.3 is 10.3 Å². The van der Waals surface area contributed by atoms with Crippen molar-refractivity contribution >= 4 is 5.84 Å². The average Bonchev–Trinajstić information content (AvgIpc) is 2.83. The average molecular weight is 246 g/mol. The Labute approximate surface area is 104 Å². The highest BCUT2D eigenvalue weighted by Gasteiger charge is 2.18. The van der Waals surface area contributed by atoms with Gasteiger partial charge in [-0.1, -0.05) is 31.1 Å². The molecular formula is C12H14N4O2. The Morgan fingerprint density at radius 1 is 1.39 bits per heavy atom. The summed E-state index contributed by atoms with van der Waals surface area (Å²) in [5.41, 5.74) is 1.33. The zero-order chi connectivity index (χ0) is 13.1. The Morgan fingerprint density at radius 3 is 2.72 bits per heavy atom. The van der Waals surface area contributed by atoms with E-state index in [1.165, 1.54) is 17.3 Å². The van der Waals surface area contributed by atoms with Gasteiger partial charge in [0.25, 0.3) is 0 Å². The summed E-state index contributed by atoms with van der Waals surface area (Å²) in [6.45, 7) is 3.91. The predicted molar refractivity (Wildman–Crippen MR) is 65.9 cm³/mol. The van der Waals surface area contributed by atoms with E-state index in [1.807, 2.05) is 13.8 Å². The van der Waals surface area contributed by atoms with Gasteiger partial charge in [0.1, 0.15) is 18.4 Å². The number of aromatic hydroxyl groups is 1. The first-order valence-electron chi connectivity index (χ1n) is 5.54. The Balaban J connectivity index is 2.60. The quantitative estimate of drug-likeness (QED) is 0.366. The van der Waals surface area contributed by atoms with Crippen LogP contribution in [0, 0.1) is 0 Å². The highest BCUT2D eigenvalue weighted by Crippen LogP contribution is 2.29. The van der Waals surface area contributed by atoms with Gasteiger partial charge in [0.2, 0.25) is 5.84 Å². The number of benzene rings is 1. The Kier molecular flexibility index (Phi) is 3.27. The van der Waals surface area contributed by atoms with Crippen LogP contribution in [-0.2, 0) is 0 Å². The van der Waals surface area contributed by atoms with Gasteiger partial charge in [-0.25, -0.2) is 4.98 Å². The molecule has 94 valence electrons. The fraction of sp³-hybridized carbons (Fsp3) is 0.250. The molecule has 2 N–H and O–H groups in total. The number of phenols is 1. The third-order valence-corrected chi connectivity index (χ3v) is 2.63. The van der Waals surface area contributed by atoms with E-state index in [2.05, 4.69) is 15.2 Å². The molecule has 0 aliphatic rings. The van der Waals surface area contributed by atoms with Gasteiger partial charge in [-0.05, 0) is 12.0 Å². The zero-order valence-electron chi connectivity index (χ0n) is 10.1. The monoisotopic (exact) mass is 246 g/mol. The highest BCUT2D eigenvalue weighted by atomic mass is 16.4. The van der Waals surface area contributed by atoms with Crippen LogP contribution in [0.4, 0.5) is 0 Å². The second-order valence-electron chi connectivity index (χ2n) is 4.16. The predicted octanol–water partition coefficient (Wildman–Crippen LogP) is 1.79. The smallest absolute Gasteiger partial charge is 0.201 e. The van der Waals surface area contributed by atoms with Gasteiger partial charge in [0.15, 0.2) is 0 Å². The molecule has 0 saturated carbocycles. The number of rotatable bonds is 2. The van der Waals surface area contributed by atoms with Crippen molar-refractivity contribution in [3.8, 4) is 5.75 Å². The molecule has 0 unspecified atom stereocenters. The third kappa shape index (κ3) is 2.04. The van der Waals surface area contributed by atoms with E-state index >= 15 is 0 Å². The molecule has 0 saturated heterocycles. The maximum atomic E-state index is 9.92. The second kappa shape index (κ2) is 4.87. The molecule has 2 aromatic rings. The van der Waals surface area contributed by atoms with E-state index in [-0.39, 0.29) is 17.5 Å². The fourth-order valence-corrected chi connectivity index (χ4v) is 1.90. The SMILES string of the molecule is CC(C)c1c(O)cccc1C(=NO)n1cncn1. The maximum absolute atomic E-state index is 9.92. The fourth-order valence-electron chi connectivity index (χ4n) is 1.90. The lowest BCUT2D eigenvalue weighted by Crippen LogP contribution is -2.17. The molecule has 0 amide bonds. The van der Waals surface area contributed by atoms with Crippen molar-refractivity contribution in [3.05, 3.63) is 42.0 Å². The van der Waals surface area contributed by atoms with Crippen molar-refractivity contribution in [2.75, 3.05) is 0 Å². The van der Waals surface area contributed by atoms with Gasteiger partial charge in [0.05, 0.1) is 0 Å². The van der Waals surface area contributed by atoms with E-state index in [4.69, 9.17) is 5.21 Å². The van der Waals surface area contributed by atoms with Crippen LogP contribution in [0.1, 0.15) is 30.9 Å². The normalized spacial score (nSPS) is 12.1. The molecule has 0 spiro atoms. The molecule has 6 nitrogen and oxygen atoms in total. The van der Waals surface area contributed by atoms with E-state index < -0.39 is 0 Å². The number of hydrogen-bond acceptors (Lipinski definition) is 5. The van der Waals surface area contributed by atoms with Gasteiger partial charge in [0, 0.05) is 11.1 Å². The van der Waals surface area contributed by atoms with Gasteiger partial charge >= 0.3 is 0 Å². The van der Waals surface area contributed by atoms with Crippen molar-refractivity contribution in [1.29, 1.82) is 0 Å². The second-order valence-corrected chi connectivity index (χ2v) is 4.16. The molecule has 1 heterocycles. The summed E-state index contributed by atoms with van der Waals surface area (Å²) in [4.78, 5) is 3.81. The van der Waals surface area contributed by atoms with Crippen molar-refractivity contribution in [1.82, 2.24) is 14.8 Å². The number of nitrogens with zero attached hydrogens (tertiary/aromatic N) is 4. The molecule has 0 aliphatic carbocycles. The molecule has 0 radical (unpaired) electrons. The standard InChI is InChI=1S/C12H14N4O2/c1-8(2)11-9(4-3-5-10(11)17)12(15-18)16-7-13-6-14-16/h3-8,17-18H,1-2H3. The van der Waals surface area contributed by atoms with E-state index in [9.17, 15) is 5.11 Å². The minimum atomic E-state index is 0.0847. The van der Waals surface area contributed by atoms with Crippen LogP contribution in [0.15, 0.2) is 36.0 Å². The first-order valence-corrected chi connectivity index (χ1v) is 5.54. The van der Waals surface area contributed by atoms with Crippen LogP contribution in [0.25, 0.3) is 0 Å². The molecule has 0 fully saturated rings. The zero-order valence-corrected chi connectivity index (χ0v) is 10.1. The first kappa shape index (κ1) is 12.1. The summed E-state index contributed by atoms with van der Waals surface area (Å²) >= 11 is 0. The van der Waals surface area contributed by atoms with Crippen LogP contribution in [0.5, 0.6) is 5.75 Å². The van der Waals surface area contributed by atoms with Crippen LogP contribution in [0.2, 0.25) is 0 Å². The summed E-state index contributed by atoms with van der Waals surface area (Å²) in [6, 6.07) is 5.07. The van der Waals surface area contributed by atoms with Gasteiger partial charge in [-0.15, -0.1) is 0 Å². The maximum Gasteiger partial charge on any atom is 0.201 e. The van der Waals surface area contributed by atoms with Crippen LogP contribution < -0.4 is 0 Å². The van der Waals surface area contributed by atoms with Crippen LogP contribution in [-0.4, -0.2) is 30.9 Å². The van der Waals surface area contributed by atoms with Crippen LogP contribution in [0.3, 0.4) is 0 Å². The summed E-state index contributed by atoms with van der Waals surface area (Å²) in [5, 5.41) is 26.3. The van der Waals surface area contributed by atoms with Crippen molar-refractivity contribution in [3.63, 3.8) is 0 Å². The van der Waals surface area contributed by atoms with Crippen LogP contribution >= 0.6 is 0 Å². The lowest BCUT2D eigenvalue weighted by Gasteiger charge is -2.14. The summed E-state index contributed by atoms with van der Waals surface area (Å²) in [5.74, 6) is 0.484. The van der Waals surface area contributed by atoms with Crippen molar-refractivity contribution in [2.24, 2.45) is 5.16 Å². The molecule has 1 aromatic heterocycles. The van der Waals surface area contributed by atoms with E-state index in [0.29, 0.717) is 11.1 Å². The Hall–Kier alpha value is -2.37. The first-order chi connectivity index (χ1) is 8.65. The Morgan fingerprint density at radius 2 is 2.17 bits per heavy atom. The largest absolute Gasteiger partial charge is 0.508 e. The minimum absolute atomic E-state index is 0.0847. The topological polar surface area (TPSA) is 83.5 Å². The number of hydrogen-bond donors (Lipinski definition) is 2. The third-order valence-electron chi connectivity index (χ3n) is 2.63. The van der Waals surface area contributed by atoms with Gasteiger partial charge in [-0.2, -0.15) is 9.78 Å². The van der Waals surface area contributed by atoms with Gasteiger partial charge in [-0.3, -0.25) is 0 Å². The number of phenolic OH excluding ortho intramolecular Hbond substituents is 1. The molecule has 0 aliphatic heterocycles. The minimum Gasteiger partial charge on any atom is -0.508 e. The van der Waals surface area contributed by atoms with Crippen molar-refractivity contribution < 1.29 is 10.3 Å².